The number of hydrogen-bond donors (Lipinski definition) is 0. The summed E-state index contributed by atoms with van der Waals surface area (Å²) >= 11 is 0. The van der Waals surface area contributed by atoms with Gasteiger partial charge in [0.25, 0.3) is 5.69 Å². The maximum absolute atomic E-state index is 12.7. The molecule has 0 N–H and O–H groups in total. The zero-order valence-corrected chi connectivity index (χ0v) is 14.5. The van der Waals surface area contributed by atoms with Gasteiger partial charge in [-0.1, -0.05) is 0 Å². The van der Waals surface area contributed by atoms with Crippen molar-refractivity contribution < 1.29 is 14.5 Å². The lowest BCUT2D eigenvalue weighted by atomic mass is 10.0. The van der Waals surface area contributed by atoms with E-state index < -0.39 is 16.3 Å². The Balaban J connectivity index is 2.37. The number of fused-ring (bicyclic) bond motifs is 1. The second-order valence-corrected chi connectivity index (χ2v) is 5.96. The highest BCUT2D eigenvalue weighted by molar-refractivity contribution is 5.94. The first kappa shape index (κ1) is 17.3. The minimum atomic E-state index is -0.731. The highest BCUT2D eigenvalue weighted by Crippen LogP contribution is 2.23. The lowest BCUT2D eigenvalue weighted by molar-refractivity contribution is -0.384. The van der Waals surface area contributed by atoms with Gasteiger partial charge in [-0.3, -0.25) is 14.9 Å². The third-order valence-electron chi connectivity index (χ3n) is 4.36. The number of esters is 1. The summed E-state index contributed by atoms with van der Waals surface area (Å²) in [7, 11) is 1.21. The molecule has 3 rings (SSSR count). The number of rotatable bonds is 3. The number of methoxy groups -OCH3 is 1. The van der Waals surface area contributed by atoms with E-state index in [1.165, 1.54) is 25.4 Å². The molecule has 0 saturated carbocycles. The predicted octanol–water partition coefficient (Wildman–Crippen LogP) is 3.30. The summed E-state index contributed by atoms with van der Waals surface area (Å²) in [4.78, 5) is 35.1. The van der Waals surface area contributed by atoms with Crippen molar-refractivity contribution in [3.05, 3.63) is 79.6 Å². The third kappa shape index (κ3) is 2.83. The van der Waals surface area contributed by atoms with Crippen LogP contribution in [0.2, 0.25) is 0 Å². The van der Waals surface area contributed by atoms with Crippen LogP contribution < -0.4 is 5.43 Å². The molecule has 0 fully saturated rings. The zero-order chi connectivity index (χ0) is 19.0. The van der Waals surface area contributed by atoms with Crippen molar-refractivity contribution in [3.8, 4) is 5.69 Å². The molecule has 0 atom stereocenters. The first-order valence-corrected chi connectivity index (χ1v) is 7.83. The van der Waals surface area contributed by atoms with E-state index in [4.69, 9.17) is 4.74 Å². The van der Waals surface area contributed by atoms with E-state index in [1.54, 1.807) is 22.8 Å². The Bertz CT molecular complexity index is 1100. The van der Waals surface area contributed by atoms with Crippen molar-refractivity contribution in [2.45, 2.75) is 13.8 Å². The molecule has 1 aromatic heterocycles. The van der Waals surface area contributed by atoms with E-state index in [0.29, 0.717) is 16.6 Å². The first-order chi connectivity index (χ1) is 12.3. The smallest absolute Gasteiger partial charge is 0.343 e. The quantitative estimate of drug-likeness (QED) is 0.410. The zero-order valence-electron chi connectivity index (χ0n) is 14.5. The van der Waals surface area contributed by atoms with Crippen LogP contribution in [0, 0.1) is 24.0 Å². The molecule has 0 aliphatic rings. The fourth-order valence-electron chi connectivity index (χ4n) is 2.79. The van der Waals surface area contributed by atoms with E-state index in [1.807, 2.05) is 19.9 Å². The summed E-state index contributed by atoms with van der Waals surface area (Å²) in [6.45, 7) is 3.81. The molecule has 0 spiro atoms. The number of aryl methyl sites for hydroxylation is 2. The minimum Gasteiger partial charge on any atom is -0.465 e. The number of nitro groups is 1. The minimum absolute atomic E-state index is 0.0423. The number of pyridine rings is 1. The van der Waals surface area contributed by atoms with Crippen LogP contribution in [0.4, 0.5) is 5.69 Å². The Morgan fingerprint density at radius 1 is 1.12 bits per heavy atom. The van der Waals surface area contributed by atoms with E-state index in [0.717, 1.165) is 11.1 Å². The van der Waals surface area contributed by atoms with Gasteiger partial charge in [-0.05, 0) is 49.2 Å². The molecule has 7 heteroatoms. The lowest BCUT2D eigenvalue weighted by Gasteiger charge is -2.14. The molecule has 0 bridgehead atoms. The molecule has 26 heavy (non-hydrogen) atoms. The maximum atomic E-state index is 12.7. The summed E-state index contributed by atoms with van der Waals surface area (Å²) in [5.74, 6) is -0.731. The Morgan fingerprint density at radius 2 is 1.73 bits per heavy atom. The van der Waals surface area contributed by atoms with Gasteiger partial charge in [0, 0.05) is 29.4 Å². The van der Waals surface area contributed by atoms with Gasteiger partial charge in [-0.15, -0.1) is 0 Å². The van der Waals surface area contributed by atoms with Gasteiger partial charge in [0.15, 0.2) is 0 Å². The van der Waals surface area contributed by atoms with Crippen LogP contribution in [0.1, 0.15) is 21.5 Å². The molecule has 132 valence electrons. The number of carbonyl (C=O) groups is 1. The van der Waals surface area contributed by atoms with Crippen molar-refractivity contribution >= 4 is 22.6 Å². The maximum Gasteiger partial charge on any atom is 0.343 e. The second kappa shape index (κ2) is 6.44. The monoisotopic (exact) mass is 352 g/mol. The number of nitrogens with zero attached hydrogens (tertiary/aromatic N) is 2. The summed E-state index contributed by atoms with van der Waals surface area (Å²) < 4.78 is 6.39. The van der Waals surface area contributed by atoms with Crippen LogP contribution in [0.25, 0.3) is 16.6 Å². The molecular formula is C19H16N2O5. The summed E-state index contributed by atoms with van der Waals surface area (Å²) in [5, 5.41) is 11.3. The molecule has 0 saturated heterocycles. The SMILES string of the molecule is COC(=O)c1cn(-c2ccc([N+](=O)[O-])cc2)c2cc(C)c(C)cc2c1=O. The molecule has 0 aliphatic heterocycles. The molecule has 0 unspecified atom stereocenters. The molecule has 3 aromatic rings. The molecule has 0 amide bonds. The second-order valence-electron chi connectivity index (χ2n) is 5.96. The van der Waals surface area contributed by atoms with Gasteiger partial charge in [0.2, 0.25) is 5.43 Å². The van der Waals surface area contributed by atoms with Crippen LogP contribution in [0.5, 0.6) is 0 Å². The average Bonchev–Trinajstić information content (AvgIpc) is 2.63. The van der Waals surface area contributed by atoms with Crippen LogP contribution in [-0.4, -0.2) is 22.6 Å². The highest BCUT2D eigenvalue weighted by atomic mass is 16.6. The number of ether oxygens (including phenoxy) is 1. The van der Waals surface area contributed by atoms with Crippen molar-refractivity contribution in [1.82, 2.24) is 4.57 Å². The third-order valence-corrected chi connectivity index (χ3v) is 4.36. The van der Waals surface area contributed by atoms with Crippen LogP contribution in [0.3, 0.4) is 0 Å². The van der Waals surface area contributed by atoms with Gasteiger partial charge in [0.05, 0.1) is 17.5 Å². The number of benzene rings is 2. The van der Waals surface area contributed by atoms with Crippen LogP contribution in [-0.2, 0) is 4.74 Å². The summed E-state index contributed by atoms with van der Waals surface area (Å²) in [6.07, 6.45) is 1.41. The Morgan fingerprint density at radius 3 is 2.31 bits per heavy atom. The lowest BCUT2D eigenvalue weighted by Crippen LogP contribution is -2.20. The average molecular weight is 352 g/mol. The molecule has 0 radical (unpaired) electrons. The van der Waals surface area contributed by atoms with Crippen molar-refractivity contribution in [1.29, 1.82) is 0 Å². The number of nitro benzene ring substituents is 1. The Labute approximate surface area is 148 Å². The van der Waals surface area contributed by atoms with E-state index in [9.17, 15) is 19.7 Å². The standard InChI is InChI=1S/C19H16N2O5/c1-11-8-15-17(9-12(11)2)20(10-16(18(15)22)19(23)26-3)13-4-6-14(7-5-13)21(24)25/h4-10H,1-3H3. The van der Waals surface area contributed by atoms with Crippen molar-refractivity contribution in [2.75, 3.05) is 7.11 Å². The van der Waals surface area contributed by atoms with Crippen LogP contribution >= 0.6 is 0 Å². The van der Waals surface area contributed by atoms with E-state index in [-0.39, 0.29) is 11.3 Å². The Kier molecular flexibility index (Phi) is 4.29. The van der Waals surface area contributed by atoms with Crippen molar-refractivity contribution in [3.63, 3.8) is 0 Å². The van der Waals surface area contributed by atoms with Gasteiger partial charge in [-0.2, -0.15) is 0 Å². The number of carbonyl (C=O) groups excluding carboxylic acids is 1. The fourth-order valence-corrected chi connectivity index (χ4v) is 2.79. The van der Waals surface area contributed by atoms with Gasteiger partial charge in [0.1, 0.15) is 5.56 Å². The number of non-ortho nitro benzene ring substituents is 1. The predicted molar refractivity (Wildman–Crippen MR) is 97.0 cm³/mol. The molecular weight excluding hydrogens is 336 g/mol. The normalized spacial score (nSPS) is 10.7. The van der Waals surface area contributed by atoms with E-state index in [2.05, 4.69) is 0 Å². The summed E-state index contributed by atoms with van der Waals surface area (Å²) in [6, 6.07) is 9.47. The van der Waals surface area contributed by atoms with Crippen molar-refractivity contribution in [2.24, 2.45) is 0 Å². The number of hydrogen-bond acceptors (Lipinski definition) is 5. The Hall–Kier alpha value is -3.48. The van der Waals surface area contributed by atoms with Crippen LogP contribution in [0.15, 0.2) is 47.4 Å². The first-order valence-electron chi connectivity index (χ1n) is 7.83. The fraction of sp³-hybridized carbons (Fsp3) is 0.158. The molecule has 7 nitrogen and oxygen atoms in total. The van der Waals surface area contributed by atoms with Gasteiger partial charge in [-0.25, -0.2) is 4.79 Å². The summed E-state index contributed by atoms with van der Waals surface area (Å²) in [5.41, 5.74) is 2.56. The highest BCUT2D eigenvalue weighted by Gasteiger charge is 2.18. The largest absolute Gasteiger partial charge is 0.465 e. The van der Waals surface area contributed by atoms with E-state index >= 15 is 0 Å². The molecule has 2 aromatic carbocycles. The molecule has 1 heterocycles. The number of aromatic nitrogens is 1. The van der Waals surface area contributed by atoms with Gasteiger partial charge >= 0.3 is 5.97 Å². The molecule has 0 aliphatic carbocycles. The van der Waals surface area contributed by atoms with Gasteiger partial charge < -0.3 is 9.30 Å². The topological polar surface area (TPSA) is 91.4 Å².